The second-order valence-corrected chi connectivity index (χ2v) is 11.4. The molecule has 1 saturated heterocycles. The Morgan fingerprint density at radius 1 is 1.03 bits per heavy atom. The first-order valence-corrected chi connectivity index (χ1v) is 13.7. The Kier molecular flexibility index (Phi) is 7.99. The number of sulfonamides is 1. The van der Waals surface area contributed by atoms with Gasteiger partial charge in [0.25, 0.3) is 0 Å². The van der Waals surface area contributed by atoms with Crippen molar-refractivity contribution in [3.8, 4) is 0 Å². The Morgan fingerprint density at radius 2 is 1.75 bits per heavy atom. The molecule has 4 rings (SSSR count). The number of aryl methyl sites for hydroxylation is 1. The summed E-state index contributed by atoms with van der Waals surface area (Å²) in [5.74, 6) is 0.666. The average Bonchev–Trinajstić information content (AvgIpc) is 2.87. The van der Waals surface area contributed by atoms with E-state index >= 15 is 0 Å². The number of hydrogen-bond acceptors (Lipinski definition) is 8. The fourth-order valence-electron chi connectivity index (χ4n) is 4.01. The quantitative estimate of drug-likeness (QED) is 0.449. The Morgan fingerprint density at radius 3 is 2.44 bits per heavy atom. The number of nitrogens with zero attached hydrogens (tertiary/aromatic N) is 5. The van der Waals surface area contributed by atoms with Crippen molar-refractivity contribution < 1.29 is 8.42 Å². The van der Waals surface area contributed by atoms with Crippen molar-refractivity contribution in [1.82, 2.24) is 19.2 Å². The lowest BCUT2D eigenvalue weighted by atomic mass is 10.1. The van der Waals surface area contributed by atoms with E-state index in [2.05, 4.69) is 62.6 Å². The molecule has 0 amide bonds. The lowest BCUT2D eigenvalue weighted by Crippen LogP contribution is -2.44. The van der Waals surface area contributed by atoms with Gasteiger partial charge >= 0.3 is 0 Å². The molecule has 3 aromatic rings. The van der Waals surface area contributed by atoms with Gasteiger partial charge in [0.05, 0.1) is 11.9 Å². The van der Waals surface area contributed by atoms with Crippen molar-refractivity contribution in [3.63, 3.8) is 0 Å². The molecular formula is C25H32ClN7O2S. The SMILES string of the molecule is CCc1cc(N2CCN(C)CC2)ccc1Nc1ncc(Cl)c(Nc2ccccc2S(=O)(=O)N(C)C)n1. The minimum atomic E-state index is -3.66. The fraction of sp³-hybridized carbons (Fsp3) is 0.360. The summed E-state index contributed by atoms with van der Waals surface area (Å²) in [6, 6.07) is 13.0. The number of benzene rings is 2. The number of nitrogens with one attached hydrogen (secondary N) is 2. The van der Waals surface area contributed by atoms with E-state index in [-0.39, 0.29) is 9.92 Å². The van der Waals surface area contributed by atoms with Gasteiger partial charge in [-0.05, 0) is 49.4 Å². The molecule has 9 nitrogen and oxygen atoms in total. The van der Waals surface area contributed by atoms with Gasteiger partial charge in [0.2, 0.25) is 16.0 Å². The normalized spacial score (nSPS) is 14.8. The third-order valence-corrected chi connectivity index (χ3v) is 8.38. The number of halogens is 1. The molecule has 0 radical (unpaired) electrons. The molecular weight excluding hydrogens is 498 g/mol. The zero-order chi connectivity index (χ0) is 25.9. The Hall–Kier alpha value is -2.92. The lowest BCUT2D eigenvalue weighted by Gasteiger charge is -2.34. The van der Waals surface area contributed by atoms with Crippen LogP contribution in [0.5, 0.6) is 0 Å². The molecule has 1 aliphatic rings. The molecule has 1 aromatic heterocycles. The van der Waals surface area contributed by atoms with Crippen molar-refractivity contribution in [1.29, 1.82) is 0 Å². The summed E-state index contributed by atoms with van der Waals surface area (Å²) in [6.45, 7) is 6.23. The highest BCUT2D eigenvalue weighted by molar-refractivity contribution is 7.89. The van der Waals surface area contributed by atoms with Crippen LogP contribution in [0.2, 0.25) is 5.02 Å². The minimum absolute atomic E-state index is 0.131. The molecule has 1 fully saturated rings. The second kappa shape index (κ2) is 11.0. The molecule has 0 atom stereocenters. The summed E-state index contributed by atoms with van der Waals surface area (Å²) in [7, 11) is 1.47. The maximum atomic E-state index is 12.8. The van der Waals surface area contributed by atoms with E-state index in [0.717, 1.165) is 43.9 Å². The molecule has 0 aliphatic carbocycles. The maximum absolute atomic E-state index is 12.8. The molecule has 1 aliphatic heterocycles. The van der Waals surface area contributed by atoms with E-state index in [4.69, 9.17) is 11.6 Å². The topological polar surface area (TPSA) is 93.7 Å². The predicted octanol–water partition coefficient (Wildman–Crippen LogP) is 4.18. The van der Waals surface area contributed by atoms with Crippen LogP contribution in [-0.2, 0) is 16.4 Å². The van der Waals surface area contributed by atoms with Crippen LogP contribution in [0.15, 0.2) is 53.6 Å². The smallest absolute Gasteiger partial charge is 0.244 e. The van der Waals surface area contributed by atoms with Crippen LogP contribution in [0.4, 0.5) is 28.8 Å². The molecule has 11 heteroatoms. The van der Waals surface area contributed by atoms with Gasteiger partial charge in [-0.2, -0.15) is 4.98 Å². The third kappa shape index (κ3) is 5.73. The van der Waals surface area contributed by atoms with E-state index in [1.165, 1.54) is 30.3 Å². The number of likely N-dealkylation sites (N-methyl/N-ethyl adjacent to an activating group) is 1. The highest BCUT2D eigenvalue weighted by Gasteiger charge is 2.22. The van der Waals surface area contributed by atoms with Crippen LogP contribution in [0, 0.1) is 0 Å². The minimum Gasteiger partial charge on any atom is -0.369 e. The van der Waals surface area contributed by atoms with Gasteiger partial charge in [-0.3, -0.25) is 0 Å². The standard InChI is InChI=1S/C25H32ClN7O2S/c1-5-18-16-19(33-14-12-32(4)13-15-33)10-11-21(18)29-25-27-17-20(26)24(30-25)28-22-8-6-7-9-23(22)36(34,35)31(2)3/h6-11,16-17H,5,12-15H2,1-4H3,(H2,27,28,29,30). The fourth-order valence-corrected chi connectivity index (χ4v) is 5.19. The van der Waals surface area contributed by atoms with E-state index in [9.17, 15) is 8.42 Å². The molecule has 0 bridgehead atoms. The first-order chi connectivity index (χ1) is 17.2. The first-order valence-electron chi connectivity index (χ1n) is 11.8. The van der Waals surface area contributed by atoms with Gasteiger partial charge in [-0.25, -0.2) is 17.7 Å². The summed E-state index contributed by atoms with van der Waals surface area (Å²) in [5.41, 5.74) is 3.66. The number of anilines is 5. The zero-order valence-corrected chi connectivity index (χ0v) is 22.6. The van der Waals surface area contributed by atoms with Crippen LogP contribution in [0.25, 0.3) is 0 Å². The summed E-state index contributed by atoms with van der Waals surface area (Å²) in [4.78, 5) is 13.7. The zero-order valence-electron chi connectivity index (χ0n) is 21.0. The van der Waals surface area contributed by atoms with E-state index in [0.29, 0.717) is 17.5 Å². The Balaban J connectivity index is 1.58. The third-order valence-electron chi connectivity index (χ3n) is 6.23. The molecule has 192 valence electrons. The van der Waals surface area contributed by atoms with Crippen LogP contribution >= 0.6 is 11.6 Å². The van der Waals surface area contributed by atoms with Gasteiger partial charge in [-0.1, -0.05) is 30.7 Å². The maximum Gasteiger partial charge on any atom is 0.244 e. The van der Waals surface area contributed by atoms with Crippen molar-refractivity contribution in [2.75, 3.05) is 62.9 Å². The average molecular weight is 530 g/mol. The van der Waals surface area contributed by atoms with Crippen molar-refractivity contribution in [2.24, 2.45) is 0 Å². The summed E-state index contributed by atoms with van der Waals surface area (Å²) >= 11 is 6.37. The first kappa shape index (κ1) is 26.2. The van der Waals surface area contributed by atoms with Crippen LogP contribution in [0.1, 0.15) is 12.5 Å². The van der Waals surface area contributed by atoms with E-state index < -0.39 is 10.0 Å². The van der Waals surface area contributed by atoms with Gasteiger partial charge < -0.3 is 20.4 Å². The molecule has 2 aromatic carbocycles. The van der Waals surface area contributed by atoms with Crippen LogP contribution in [-0.4, -0.2) is 74.9 Å². The highest BCUT2D eigenvalue weighted by Crippen LogP contribution is 2.31. The largest absolute Gasteiger partial charge is 0.369 e. The Bertz CT molecular complexity index is 1330. The van der Waals surface area contributed by atoms with Crippen LogP contribution in [0.3, 0.4) is 0 Å². The van der Waals surface area contributed by atoms with Gasteiger partial charge in [0, 0.05) is 51.6 Å². The molecule has 36 heavy (non-hydrogen) atoms. The van der Waals surface area contributed by atoms with E-state index in [1.807, 2.05) is 0 Å². The number of aromatic nitrogens is 2. The summed E-state index contributed by atoms with van der Waals surface area (Å²) < 4.78 is 26.7. The number of piperazine rings is 1. The molecule has 0 spiro atoms. The summed E-state index contributed by atoms with van der Waals surface area (Å²) in [6.07, 6.45) is 2.34. The van der Waals surface area contributed by atoms with Gasteiger partial charge in [0.15, 0.2) is 5.82 Å². The van der Waals surface area contributed by atoms with Crippen LogP contribution < -0.4 is 15.5 Å². The molecule has 2 heterocycles. The van der Waals surface area contributed by atoms with E-state index in [1.54, 1.807) is 24.3 Å². The molecule has 0 unspecified atom stereocenters. The highest BCUT2D eigenvalue weighted by atomic mass is 35.5. The lowest BCUT2D eigenvalue weighted by molar-refractivity contribution is 0.313. The van der Waals surface area contributed by atoms with Crippen molar-refractivity contribution in [3.05, 3.63) is 59.2 Å². The predicted molar refractivity (Wildman–Crippen MR) is 146 cm³/mol. The number of rotatable bonds is 8. The van der Waals surface area contributed by atoms with Crippen molar-refractivity contribution >= 4 is 50.5 Å². The number of hydrogen-bond donors (Lipinski definition) is 2. The number of para-hydroxylation sites is 1. The van der Waals surface area contributed by atoms with Crippen molar-refractivity contribution in [2.45, 2.75) is 18.2 Å². The summed E-state index contributed by atoms with van der Waals surface area (Å²) in [5, 5.41) is 6.65. The molecule has 0 saturated carbocycles. The second-order valence-electron chi connectivity index (χ2n) is 8.91. The van der Waals surface area contributed by atoms with Gasteiger partial charge in [0.1, 0.15) is 9.92 Å². The monoisotopic (exact) mass is 529 g/mol. The Labute approximate surface area is 218 Å². The molecule has 2 N–H and O–H groups in total. The van der Waals surface area contributed by atoms with Gasteiger partial charge in [-0.15, -0.1) is 0 Å².